The second-order valence-corrected chi connectivity index (χ2v) is 8.74. The van der Waals surface area contributed by atoms with E-state index in [0.717, 1.165) is 18.7 Å². The lowest BCUT2D eigenvalue weighted by Crippen LogP contribution is -2.65. The molecule has 1 fully saturated rings. The van der Waals surface area contributed by atoms with Crippen LogP contribution < -0.4 is 26.6 Å². The van der Waals surface area contributed by atoms with Gasteiger partial charge in [0.2, 0.25) is 5.66 Å². The van der Waals surface area contributed by atoms with E-state index >= 15 is 0 Å². The molecule has 0 saturated carbocycles. The molecule has 2 aromatic carbocycles. The molecule has 0 aliphatic carbocycles. The zero-order valence-corrected chi connectivity index (χ0v) is 20.3. The number of aromatic amines is 1. The fourth-order valence-electron chi connectivity index (χ4n) is 4.14. The molecule has 7 N–H and O–H groups in total. The van der Waals surface area contributed by atoms with E-state index in [4.69, 9.17) is 4.74 Å². The minimum absolute atomic E-state index is 0.00507. The summed E-state index contributed by atoms with van der Waals surface area (Å²) in [5.41, 5.74) is -0.476. The SMILES string of the molecule is O=C(NC(CCCCNC1NCCN1)(NC(=O)c1cccc2[nH]ncc12)C(=O)O)OCc1ccccc1. The number of nitrogens with zero attached hydrogens (tertiary/aromatic N) is 1. The average molecular weight is 510 g/mol. The van der Waals surface area contributed by atoms with Gasteiger partial charge in [0.25, 0.3) is 5.91 Å². The number of benzene rings is 2. The summed E-state index contributed by atoms with van der Waals surface area (Å²) in [6, 6.07) is 14.0. The summed E-state index contributed by atoms with van der Waals surface area (Å²) >= 11 is 0. The van der Waals surface area contributed by atoms with E-state index in [1.54, 1.807) is 42.5 Å². The number of fused-ring (bicyclic) bond motifs is 1. The Balaban J connectivity index is 1.46. The Hall–Kier alpha value is -4.00. The van der Waals surface area contributed by atoms with Crippen molar-refractivity contribution in [2.24, 2.45) is 0 Å². The smallest absolute Gasteiger partial charge is 0.409 e. The number of nitrogens with one attached hydrogen (secondary N) is 6. The molecule has 1 aliphatic heterocycles. The molecule has 1 saturated heterocycles. The van der Waals surface area contributed by atoms with Gasteiger partial charge in [-0.3, -0.25) is 31.2 Å². The van der Waals surface area contributed by atoms with Crippen LogP contribution >= 0.6 is 0 Å². The molecule has 1 aromatic heterocycles. The third-order valence-electron chi connectivity index (χ3n) is 6.10. The Kier molecular flexibility index (Phi) is 8.67. The minimum atomic E-state index is -2.08. The summed E-state index contributed by atoms with van der Waals surface area (Å²) in [6.45, 7) is 2.30. The Morgan fingerprint density at radius 1 is 1.03 bits per heavy atom. The van der Waals surface area contributed by atoms with Crippen molar-refractivity contribution in [1.29, 1.82) is 0 Å². The number of aromatic nitrogens is 2. The van der Waals surface area contributed by atoms with Crippen molar-refractivity contribution in [1.82, 2.24) is 36.8 Å². The standard InChI is InChI=1S/C25H31N7O5/c33-21(18-9-6-10-20-19(18)15-29-32-20)30-25(22(34)35,11-4-5-12-26-23-27-13-14-28-23)31-24(36)37-16-17-7-2-1-3-8-17/h1-3,6-10,15,23,26-28H,4-5,11-14,16H2,(H,29,32)(H,30,33)(H,31,36)(H,34,35). The van der Waals surface area contributed by atoms with Gasteiger partial charge >= 0.3 is 12.1 Å². The van der Waals surface area contributed by atoms with Crippen LogP contribution in [0.25, 0.3) is 10.9 Å². The predicted molar refractivity (Wildman–Crippen MR) is 135 cm³/mol. The van der Waals surface area contributed by atoms with Gasteiger partial charge in [-0.1, -0.05) is 36.4 Å². The van der Waals surface area contributed by atoms with Crippen LogP contribution in [-0.2, 0) is 16.1 Å². The second-order valence-electron chi connectivity index (χ2n) is 8.74. The summed E-state index contributed by atoms with van der Waals surface area (Å²) in [4.78, 5) is 38.5. The molecular weight excluding hydrogens is 478 g/mol. The number of hydrogen-bond donors (Lipinski definition) is 7. The van der Waals surface area contributed by atoms with Gasteiger partial charge in [-0.2, -0.15) is 5.10 Å². The highest BCUT2D eigenvalue weighted by Crippen LogP contribution is 2.19. The first kappa shape index (κ1) is 26.1. The summed E-state index contributed by atoms with van der Waals surface area (Å²) in [7, 11) is 0. The number of H-pyrrole nitrogens is 1. The summed E-state index contributed by atoms with van der Waals surface area (Å²) in [5, 5.41) is 32.2. The summed E-state index contributed by atoms with van der Waals surface area (Å²) in [5.74, 6) is -2.06. The van der Waals surface area contributed by atoms with E-state index in [2.05, 4.69) is 36.8 Å². The number of carbonyl (C=O) groups is 3. The normalized spacial score (nSPS) is 15.2. The molecule has 3 aromatic rings. The number of carboxylic acid groups (broad SMARTS) is 1. The quantitative estimate of drug-likeness (QED) is 0.140. The number of unbranched alkanes of at least 4 members (excludes halogenated alkanes) is 1. The monoisotopic (exact) mass is 509 g/mol. The first-order chi connectivity index (χ1) is 18.0. The number of amides is 2. The van der Waals surface area contributed by atoms with Gasteiger partial charge < -0.3 is 15.2 Å². The van der Waals surface area contributed by atoms with Crippen molar-refractivity contribution in [3.8, 4) is 0 Å². The Morgan fingerprint density at radius 2 is 1.81 bits per heavy atom. The van der Waals surface area contributed by atoms with Gasteiger partial charge in [-0.05, 0) is 37.1 Å². The second kappa shape index (κ2) is 12.3. The van der Waals surface area contributed by atoms with E-state index < -0.39 is 23.6 Å². The number of aliphatic carboxylic acids is 1. The molecule has 1 unspecified atom stereocenters. The van der Waals surface area contributed by atoms with Crippen molar-refractivity contribution in [2.75, 3.05) is 19.6 Å². The third-order valence-corrected chi connectivity index (χ3v) is 6.10. The van der Waals surface area contributed by atoms with Gasteiger partial charge in [0, 0.05) is 24.9 Å². The maximum atomic E-state index is 13.3. The number of alkyl carbamates (subject to hydrolysis) is 1. The van der Waals surface area contributed by atoms with Crippen LogP contribution in [0.5, 0.6) is 0 Å². The molecule has 0 spiro atoms. The lowest BCUT2D eigenvalue weighted by Gasteiger charge is -2.31. The van der Waals surface area contributed by atoms with Crippen molar-refractivity contribution in [3.05, 3.63) is 65.9 Å². The molecular formula is C25H31N7O5. The predicted octanol–water partition coefficient (Wildman–Crippen LogP) is 1.24. The highest BCUT2D eigenvalue weighted by molar-refractivity contribution is 6.07. The molecule has 1 atom stereocenters. The Morgan fingerprint density at radius 3 is 2.57 bits per heavy atom. The molecule has 0 radical (unpaired) electrons. The number of ether oxygens (including phenoxy) is 1. The van der Waals surface area contributed by atoms with E-state index in [1.807, 2.05) is 6.07 Å². The molecule has 196 valence electrons. The zero-order chi connectivity index (χ0) is 26.1. The highest BCUT2D eigenvalue weighted by Gasteiger charge is 2.42. The number of rotatable bonds is 12. The summed E-state index contributed by atoms with van der Waals surface area (Å²) < 4.78 is 5.27. The van der Waals surface area contributed by atoms with Crippen molar-refractivity contribution in [3.63, 3.8) is 0 Å². The third kappa shape index (κ3) is 6.82. The van der Waals surface area contributed by atoms with E-state index in [-0.39, 0.29) is 24.9 Å². The minimum Gasteiger partial charge on any atom is -0.478 e. The topological polar surface area (TPSA) is 169 Å². The van der Waals surface area contributed by atoms with Crippen molar-refractivity contribution >= 4 is 28.9 Å². The molecule has 1 aliphatic rings. The van der Waals surface area contributed by atoms with Crippen LogP contribution in [0, 0.1) is 0 Å². The van der Waals surface area contributed by atoms with Crippen LogP contribution in [0.4, 0.5) is 4.79 Å². The zero-order valence-electron chi connectivity index (χ0n) is 20.3. The molecule has 12 heteroatoms. The Labute approximate surface area is 213 Å². The fourth-order valence-corrected chi connectivity index (χ4v) is 4.14. The molecule has 2 heterocycles. The largest absolute Gasteiger partial charge is 0.478 e. The Bertz CT molecular complexity index is 1210. The van der Waals surface area contributed by atoms with Gasteiger partial charge in [0.15, 0.2) is 0 Å². The van der Waals surface area contributed by atoms with Gasteiger partial charge in [-0.15, -0.1) is 0 Å². The highest BCUT2D eigenvalue weighted by atomic mass is 16.5. The van der Waals surface area contributed by atoms with Crippen LogP contribution in [0.15, 0.2) is 54.7 Å². The van der Waals surface area contributed by atoms with Crippen LogP contribution in [0.1, 0.15) is 35.2 Å². The number of carboxylic acids is 1. The molecule has 4 rings (SSSR count). The average Bonchev–Trinajstić information content (AvgIpc) is 3.59. The van der Waals surface area contributed by atoms with Crippen LogP contribution in [0.3, 0.4) is 0 Å². The van der Waals surface area contributed by atoms with Crippen molar-refractivity contribution < 1.29 is 24.2 Å². The van der Waals surface area contributed by atoms with E-state index in [0.29, 0.717) is 30.3 Å². The molecule has 37 heavy (non-hydrogen) atoms. The summed E-state index contributed by atoms with van der Waals surface area (Å²) in [6.07, 6.45) is 1.51. The first-order valence-electron chi connectivity index (χ1n) is 12.1. The molecule has 2 amide bonds. The van der Waals surface area contributed by atoms with Crippen LogP contribution in [0.2, 0.25) is 0 Å². The number of carbonyl (C=O) groups excluding carboxylic acids is 2. The van der Waals surface area contributed by atoms with E-state index in [1.165, 1.54) is 6.20 Å². The van der Waals surface area contributed by atoms with E-state index in [9.17, 15) is 19.5 Å². The van der Waals surface area contributed by atoms with Gasteiger partial charge in [-0.25, -0.2) is 9.59 Å². The first-order valence-corrected chi connectivity index (χ1v) is 12.1. The number of hydrogen-bond acceptors (Lipinski definition) is 8. The molecule has 0 bridgehead atoms. The molecule has 12 nitrogen and oxygen atoms in total. The lowest BCUT2D eigenvalue weighted by atomic mass is 10.0. The van der Waals surface area contributed by atoms with Gasteiger partial charge in [0.05, 0.1) is 17.3 Å². The lowest BCUT2D eigenvalue weighted by molar-refractivity contribution is -0.146. The fraction of sp³-hybridized carbons (Fsp3) is 0.360. The van der Waals surface area contributed by atoms with Crippen LogP contribution in [-0.4, -0.2) is 64.9 Å². The van der Waals surface area contributed by atoms with Gasteiger partial charge in [0.1, 0.15) is 12.9 Å². The maximum absolute atomic E-state index is 13.3. The maximum Gasteiger partial charge on any atom is 0.409 e. The van der Waals surface area contributed by atoms with Crippen molar-refractivity contribution in [2.45, 2.75) is 37.8 Å².